The van der Waals surface area contributed by atoms with Gasteiger partial charge in [0.1, 0.15) is 10.0 Å². The second kappa shape index (κ2) is 7.38. The van der Waals surface area contributed by atoms with E-state index in [2.05, 4.69) is 15.5 Å². The molecule has 0 aliphatic carbocycles. The monoisotopic (exact) mass is 385 g/mol. The van der Waals surface area contributed by atoms with E-state index in [0.717, 1.165) is 22.3 Å². The quantitative estimate of drug-likeness (QED) is 0.435. The van der Waals surface area contributed by atoms with Crippen LogP contribution in [-0.2, 0) is 0 Å². The Hall–Kier alpha value is -1.82. The second-order valence-corrected chi connectivity index (χ2v) is 6.36. The molecule has 2 aromatic rings. The lowest BCUT2D eigenvalue weighted by molar-refractivity contribution is 0.0691. The molecule has 0 atom stereocenters. The summed E-state index contributed by atoms with van der Waals surface area (Å²) in [7, 11) is 0. The first-order valence-electron chi connectivity index (χ1n) is 6.87. The lowest BCUT2D eigenvalue weighted by Crippen LogP contribution is -2.05. The fourth-order valence-electron chi connectivity index (χ4n) is 2.31. The van der Waals surface area contributed by atoms with Gasteiger partial charge in [0.05, 0.1) is 11.9 Å². The SMILES string of the molecule is Cc1cc(C)c(/C=N\Nc2c(Cl)c(Cl)nc(C(=O)O)c2Cl)c(C)c1. The summed E-state index contributed by atoms with van der Waals surface area (Å²) in [6, 6.07) is 4.08. The molecule has 0 unspecified atom stereocenters. The van der Waals surface area contributed by atoms with Gasteiger partial charge in [-0.25, -0.2) is 9.78 Å². The average Bonchev–Trinajstić information content (AvgIpc) is 2.48. The fraction of sp³-hybridized carbons (Fsp3) is 0.188. The van der Waals surface area contributed by atoms with Crippen molar-refractivity contribution in [3.05, 3.63) is 55.3 Å². The van der Waals surface area contributed by atoms with Crippen LogP contribution in [0, 0.1) is 20.8 Å². The molecule has 126 valence electrons. The van der Waals surface area contributed by atoms with Crippen molar-refractivity contribution in [1.29, 1.82) is 0 Å². The summed E-state index contributed by atoms with van der Waals surface area (Å²) >= 11 is 17.9. The Morgan fingerprint density at radius 1 is 1.17 bits per heavy atom. The van der Waals surface area contributed by atoms with Gasteiger partial charge in [0.2, 0.25) is 0 Å². The maximum atomic E-state index is 11.1. The maximum absolute atomic E-state index is 11.1. The van der Waals surface area contributed by atoms with Crippen LogP contribution in [0.25, 0.3) is 0 Å². The Balaban J connectivity index is 2.38. The molecule has 0 aliphatic heterocycles. The van der Waals surface area contributed by atoms with Crippen LogP contribution in [0.15, 0.2) is 17.2 Å². The van der Waals surface area contributed by atoms with E-state index in [9.17, 15) is 4.79 Å². The Labute approximate surface area is 154 Å². The molecular formula is C16H14Cl3N3O2. The van der Waals surface area contributed by atoms with Crippen molar-refractivity contribution in [2.45, 2.75) is 20.8 Å². The Kier molecular flexibility index (Phi) is 5.70. The van der Waals surface area contributed by atoms with E-state index in [0.29, 0.717) is 0 Å². The van der Waals surface area contributed by atoms with Crippen molar-refractivity contribution in [2.24, 2.45) is 5.10 Å². The van der Waals surface area contributed by atoms with Crippen molar-refractivity contribution >= 4 is 52.7 Å². The zero-order valence-electron chi connectivity index (χ0n) is 13.1. The highest BCUT2D eigenvalue weighted by Crippen LogP contribution is 2.36. The fourth-order valence-corrected chi connectivity index (χ4v) is 2.98. The summed E-state index contributed by atoms with van der Waals surface area (Å²) in [6.07, 6.45) is 1.62. The molecule has 0 fully saturated rings. The molecule has 0 saturated heterocycles. The molecule has 5 nitrogen and oxygen atoms in total. The van der Waals surface area contributed by atoms with Gasteiger partial charge in [-0.1, -0.05) is 52.5 Å². The summed E-state index contributed by atoms with van der Waals surface area (Å²) < 4.78 is 0. The van der Waals surface area contributed by atoms with Crippen molar-refractivity contribution < 1.29 is 9.90 Å². The number of aromatic nitrogens is 1. The van der Waals surface area contributed by atoms with Crippen LogP contribution in [-0.4, -0.2) is 22.3 Å². The summed E-state index contributed by atoms with van der Waals surface area (Å²) in [5.41, 5.74) is 6.58. The van der Waals surface area contributed by atoms with Crippen LogP contribution in [0.5, 0.6) is 0 Å². The number of halogens is 3. The van der Waals surface area contributed by atoms with Gasteiger partial charge in [0.15, 0.2) is 10.8 Å². The third kappa shape index (κ3) is 3.80. The number of nitrogens with one attached hydrogen (secondary N) is 1. The molecule has 0 bridgehead atoms. The number of hydrogen-bond acceptors (Lipinski definition) is 4. The maximum Gasteiger partial charge on any atom is 0.356 e. The van der Waals surface area contributed by atoms with E-state index >= 15 is 0 Å². The van der Waals surface area contributed by atoms with E-state index in [1.165, 1.54) is 0 Å². The van der Waals surface area contributed by atoms with Gasteiger partial charge < -0.3 is 5.11 Å². The number of rotatable bonds is 4. The largest absolute Gasteiger partial charge is 0.476 e. The third-order valence-corrected chi connectivity index (χ3v) is 4.45. The van der Waals surface area contributed by atoms with Gasteiger partial charge >= 0.3 is 5.97 Å². The van der Waals surface area contributed by atoms with E-state index in [-0.39, 0.29) is 20.9 Å². The number of carboxylic acid groups (broad SMARTS) is 1. The van der Waals surface area contributed by atoms with Crippen molar-refractivity contribution in [1.82, 2.24) is 4.98 Å². The number of benzene rings is 1. The number of hydrazone groups is 1. The molecule has 0 spiro atoms. The van der Waals surface area contributed by atoms with E-state index in [1.807, 2.05) is 32.9 Å². The lowest BCUT2D eigenvalue weighted by atomic mass is 10.0. The normalized spacial score (nSPS) is 11.1. The zero-order valence-corrected chi connectivity index (χ0v) is 15.4. The third-order valence-electron chi connectivity index (χ3n) is 3.35. The van der Waals surface area contributed by atoms with E-state index in [1.54, 1.807) is 6.21 Å². The molecule has 2 N–H and O–H groups in total. The van der Waals surface area contributed by atoms with Crippen LogP contribution < -0.4 is 5.43 Å². The predicted octanol–water partition coefficient (Wildman–Crippen LogP) is 5.11. The standard InChI is InChI=1S/C16H14Cl3N3O2/c1-7-4-8(2)10(9(3)5-7)6-20-22-13-11(17)14(16(23)24)21-15(19)12(13)18/h4-6H,1-3H3,(H,21,22)(H,23,24)/b20-6-. The number of hydrogen-bond donors (Lipinski definition) is 2. The van der Waals surface area contributed by atoms with Gasteiger partial charge in [0, 0.05) is 5.56 Å². The number of anilines is 1. The highest BCUT2D eigenvalue weighted by Gasteiger charge is 2.20. The Morgan fingerprint density at radius 2 is 1.75 bits per heavy atom. The van der Waals surface area contributed by atoms with Crippen LogP contribution in [0.3, 0.4) is 0 Å². The predicted molar refractivity (Wildman–Crippen MR) is 98.1 cm³/mol. The second-order valence-electron chi connectivity index (χ2n) is 5.24. The summed E-state index contributed by atoms with van der Waals surface area (Å²) in [4.78, 5) is 14.8. The van der Waals surface area contributed by atoms with Crippen molar-refractivity contribution in [3.8, 4) is 0 Å². The minimum atomic E-state index is -1.31. The topological polar surface area (TPSA) is 74.6 Å². The first-order chi connectivity index (χ1) is 11.2. The van der Waals surface area contributed by atoms with Crippen molar-refractivity contribution in [2.75, 3.05) is 5.43 Å². The number of carbonyl (C=O) groups is 1. The molecular weight excluding hydrogens is 373 g/mol. The van der Waals surface area contributed by atoms with Gasteiger partial charge in [0.25, 0.3) is 0 Å². The number of nitrogens with zero attached hydrogens (tertiary/aromatic N) is 2. The van der Waals surface area contributed by atoms with Gasteiger partial charge in [-0.2, -0.15) is 5.10 Å². The molecule has 2 rings (SSSR count). The van der Waals surface area contributed by atoms with E-state index < -0.39 is 11.7 Å². The lowest BCUT2D eigenvalue weighted by Gasteiger charge is -2.10. The van der Waals surface area contributed by atoms with Crippen LogP contribution in [0.4, 0.5) is 5.69 Å². The van der Waals surface area contributed by atoms with Crippen LogP contribution in [0.1, 0.15) is 32.7 Å². The first-order valence-corrected chi connectivity index (χ1v) is 8.00. The highest BCUT2D eigenvalue weighted by atomic mass is 35.5. The Morgan fingerprint density at radius 3 is 2.29 bits per heavy atom. The van der Waals surface area contributed by atoms with Crippen LogP contribution >= 0.6 is 34.8 Å². The summed E-state index contributed by atoms with van der Waals surface area (Å²) in [5, 5.41) is 12.9. The first kappa shape index (κ1) is 18.5. The minimum Gasteiger partial charge on any atom is -0.476 e. The number of carboxylic acids is 1. The molecule has 1 aromatic carbocycles. The summed E-state index contributed by atoms with van der Waals surface area (Å²) in [5.74, 6) is -1.31. The number of aryl methyl sites for hydroxylation is 3. The van der Waals surface area contributed by atoms with Crippen LogP contribution in [0.2, 0.25) is 15.2 Å². The molecule has 0 radical (unpaired) electrons. The molecule has 0 aliphatic rings. The van der Waals surface area contributed by atoms with Gasteiger partial charge in [-0.15, -0.1) is 0 Å². The minimum absolute atomic E-state index is 0.00108. The van der Waals surface area contributed by atoms with E-state index in [4.69, 9.17) is 39.9 Å². The molecule has 1 aromatic heterocycles. The van der Waals surface area contributed by atoms with Gasteiger partial charge in [-0.05, 0) is 31.9 Å². The highest BCUT2D eigenvalue weighted by molar-refractivity contribution is 6.46. The zero-order chi connectivity index (χ0) is 18.0. The molecule has 0 saturated carbocycles. The summed E-state index contributed by atoms with van der Waals surface area (Å²) in [6.45, 7) is 5.98. The van der Waals surface area contributed by atoms with Crippen molar-refractivity contribution in [3.63, 3.8) is 0 Å². The average molecular weight is 387 g/mol. The van der Waals surface area contributed by atoms with Gasteiger partial charge in [-0.3, -0.25) is 5.43 Å². The molecule has 1 heterocycles. The smallest absolute Gasteiger partial charge is 0.356 e. The number of aromatic carboxylic acids is 1. The molecule has 24 heavy (non-hydrogen) atoms. The Bertz CT molecular complexity index is 828. The number of pyridine rings is 1. The molecule has 0 amide bonds. The molecule has 8 heteroatoms.